The molecule has 2 rings (SSSR count). The zero-order chi connectivity index (χ0) is 15.2. The molecule has 2 heterocycles. The second-order valence-corrected chi connectivity index (χ2v) is 5.36. The topological polar surface area (TPSA) is 41.1 Å². The van der Waals surface area contributed by atoms with Crippen molar-refractivity contribution in [3.63, 3.8) is 0 Å². The van der Waals surface area contributed by atoms with Gasteiger partial charge in [0, 0.05) is 25.8 Å². The number of aryl methyl sites for hydroxylation is 1. The molecule has 0 aliphatic rings. The first kappa shape index (κ1) is 15.7. The Kier molecular flexibility index (Phi) is 5.53. The second-order valence-electron chi connectivity index (χ2n) is 4.95. The molecule has 0 radical (unpaired) electrons. The maximum atomic E-state index is 6.25. The number of hydrogen-bond acceptors (Lipinski definition) is 4. The van der Waals surface area contributed by atoms with Crippen LogP contribution >= 0.6 is 11.6 Å². The Hall–Kier alpha value is -1.65. The Balaban J connectivity index is 2.12. The number of halogens is 1. The van der Waals surface area contributed by atoms with Crippen molar-refractivity contribution < 1.29 is 0 Å². The molecule has 4 nitrogen and oxygen atoms in total. The van der Waals surface area contributed by atoms with Gasteiger partial charge in [-0.3, -0.25) is 9.88 Å². The van der Waals surface area contributed by atoms with E-state index in [0.717, 1.165) is 36.0 Å². The van der Waals surface area contributed by atoms with E-state index in [-0.39, 0.29) is 0 Å². The summed E-state index contributed by atoms with van der Waals surface area (Å²) in [6.07, 6.45) is 0. The maximum Gasteiger partial charge on any atom is 0.126 e. The Morgan fingerprint density at radius 2 is 1.95 bits per heavy atom. The molecule has 0 aromatic carbocycles. The largest absolute Gasteiger partial charge is 0.373 e. The predicted octanol–water partition coefficient (Wildman–Crippen LogP) is 3.50. The van der Waals surface area contributed by atoms with Crippen molar-refractivity contribution in [3.8, 4) is 0 Å². The Labute approximate surface area is 131 Å². The van der Waals surface area contributed by atoms with E-state index >= 15 is 0 Å². The van der Waals surface area contributed by atoms with Gasteiger partial charge in [0.15, 0.2) is 0 Å². The van der Waals surface area contributed by atoms with E-state index in [1.165, 1.54) is 0 Å². The van der Waals surface area contributed by atoms with Gasteiger partial charge in [-0.15, -0.1) is 0 Å². The highest BCUT2D eigenvalue weighted by Gasteiger charge is 2.10. The molecule has 0 fully saturated rings. The van der Waals surface area contributed by atoms with E-state index in [4.69, 9.17) is 11.6 Å². The molecule has 0 aliphatic heterocycles. The van der Waals surface area contributed by atoms with E-state index in [1.807, 2.05) is 38.2 Å². The van der Waals surface area contributed by atoms with Crippen LogP contribution < -0.4 is 5.32 Å². The summed E-state index contributed by atoms with van der Waals surface area (Å²) >= 11 is 6.25. The minimum atomic E-state index is 0.699. The Bertz CT molecular complexity index is 601. The van der Waals surface area contributed by atoms with Crippen molar-refractivity contribution in [1.29, 1.82) is 0 Å². The van der Waals surface area contributed by atoms with Crippen LogP contribution in [0.3, 0.4) is 0 Å². The first-order valence-corrected chi connectivity index (χ1v) is 7.48. The van der Waals surface area contributed by atoms with Crippen molar-refractivity contribution in [2.75, 3.05) is 18.9 Å². The fraction of sp³-hybridized carbons (Fsp3) is 0.375. The van der Waals surface area contributed by atoms with Gasteiger partial charge in [-0.05, 0) is 37.7 Å². The summed E-state index contributed by atoms with van der Waals surface area (Å²) in [6, 6.07) is 9.86. The third kappa shape index (κ3) is 4.41. The van der Waals surface area contributed by atoms with Gasteiger partial charge in [-0.25, -0.2) is 4.98 Å². The summed E-state index contributed by atoms with van der Waals surface area (Å²) < 4.78 is 0. The molecule has 0 atom stereocenters. The molecule has 2 aromatic heterocycles. The van der Waals surface area contributed by atoms with Gasteiger partial charge in [-0.1, -0.05) is 24.6 Å². The molecule has 0 spiro atoms. The normalized spacial score (nSPS) is 10.9. The van der Waals surface area contributed by atoms with E-state index < -0.39 is 0 Å². The molecule has 5 heteroatoms. The molecule has 0 aliphatic carbocycles. The molecule has 0 amide bonds. The zero-order valence-corrected chi connectivity index (χ0v) is 13.5. The first-order chi connectivity index (χ1) is 10.1. The summed E-state index contributed by atoms with van der Waals surface area (Å²) in [6.45, 7) is 6.55. The lowest BCUT2D eigenvalue weighted by Crippen LogP contribution is -2.24. The molecular formula is C16H21ClN4. The van der Waals surface area contributed by atoms with Crippen LogP contribution in [0.1, 0.15) is 24.0 Å². The fourth-order valence-electron chi connectivity index (χ4n) is 2.14. The van der Waals surface area contributed by atoms with Crippen molar-refractivity contribution >= 4 is 17.4 Å². The lowest BCUT2D eigenvalue weighted by atomic mass is 10.2. The summed E-state index contributed by atoms with van der Waals surface area (Å²) in [5.41, 5.74) is 2.99. The quantitative estimate of drug-likeness (QED) is 0.887. The molecule has 0 bridgehead atoms. The van der Waals surface area contributed by atoms with E-state index in [9.17, 15) is 0 Å². The summed E-state index contributed by atoms with van der Waals surface area (Å²) in [7, 11) is 1.86. The van der Waals surface area contributed by atoms with Gasteiger partial charge >= 0.3 is 0 Å². The van der Waals surface area contributed by atoms with Gasteiger partial charge in [0.2, 0.25) is 0 Å². The fourth-order valence-corrected chi connectivity index (χ4v) is 2.31. The number of pyridine rings is 2. The third-order valence-corrected chi connectivity index (χ3v) is 3.67. The minimum Gasteiger partial charge on any atom is -0.373 e. The monoisotopic (exact) mass is 304 g/mol. The van der Waals surface area contributed by atoms with Crippen molar-refractivity contribution in [1.82, 2.24) is 14.9 Å². The number of anilines is 1. The molecule has 2 aromatic rings. The van der Waals surface area contributed by atoms with Gasteiger partial charge in [0.05, 0.1) is 16.4 Å². The number of nitrogens with zero attached hydrogens (tertiary/aromatic N) is 3. The van der Waals surface area contributed by atoms with Crippen molar-refractivity contribution in [3.05, 3.63) is 52.4 Å². The van der Waals surface area contributed by atoms with Crippen LogP contribution in [-0.2, 0) is 13.1 Å². The van der Waals surface area contributed by atoms with E-state index in [1.54, 1.807) is 0 Å². The average molecular weight is 305 g/mol. The van der Waals surface area contributed by atoms with E-state index in [0.29, 0.717) is 11.6 Å². The molecular weight excluding hydrogens is 284 g/mol. The average Bonchev–Trinajstić information content (AvgIpc) is 2.48. The molecule has 0 saturated carbocycles. The number of aromatic nitrogens is 2. The van der Waals surface area contributed by atoms with Crippen LogP contribution in [0.5, 0.6) is 0 Å². The number of nitrogens with one attached hydrogen (secondary N) is 1. The minimum absolute atomic E-state index is 0.699. The van der Waals surface area contributed by atoms with E-state index in [2.05, 4.69) is 33.2 Å². The third-order valence-electron chi connectivity index (χ3n) is 3.33. The Morgan fingerprint density at radius 3 is 2.62 bits per heavy atom. The second kappa shape index (κ2) is 7.38. The zero-order valence-electron chi connectivity index (χ0n) is 12.7. The lowest BCUT2D eigenvalue weighted by Gasteiger charge is -2.20. The van der Waals surface area contributed by atoms with Gasteiger partial charge in [-0.2, -0.15) is 0 Å². The van der Waals surface area contributed by atoms with Crippen LogP contribution in [0.15, 0.2) is 30.3 Å². The highest BCUT2D eigenvalue weighted by atomic mass is 35.5. The smallest absolute Gasteiger partial charge is 0.126 e. The summed E-state index contributed by atoms with van der Waals surface area (Å²) in [5, 5.41) is 3.74. The highest BCUT2D eigenvalue weighted by molar-refractivity contribution is 6.31. The first-order valence-electron chi connectivity index (χ1n) is 7.10. The van der Waals surface area contributed by atoms with Crippen molar-refractivity contribution in [2.24, 2.45) is 0 Å². The standard InChI is InChI=1S/C16H21ClN4/c1-4-21(10-13-7-5-6-12(2)19-13)11-15-14(17)8-9-16(18-3)20-15/h5-9H,4,10-11H2,1-3H3,(H,18,20). The summed E-state index contributed by atoms with van der Waals surface area (Å²) in [4.78, 5) is 11.4. The van der Waals surface area contributed by atoms with Gasteiger partial charge < -0.3 is 5.32 Å². The van der Waals surface area contributed by atoms with Crippen LogP contribution in [0.4, 0.5) is 5.82 Å². The molecule has 21 heavy (non-hydrogen) atoms. The molecule has 0 unspecified atom stereocenters. The number of rotatable bonds is 6. The number of hydrogen-bond donors (Lipinski definition) is 1. The van der Waals surface area contributed by atoms with Crippen molar-refractivity contribution in [2.45, 2.75) is 26.9 Å². The molecule has 0 saturated heterocycles. The van der Waals surface area contributed by atoms with Crippen LogP contribution in [0, 0.1) is 6.92 Å². The predicted molar refractivity (Wildman–Crippen MR) is 87.6 cm³/mol. The summed E-state index contributed by atoms with van der Waals surface area (Å²) in [5.74, 6) is 0.833. The molecule has 112 valence electrons. The Morgan fingerprint density at radius 1 is 1.14 bits per heavy atom. The lowest BCUT2D eigenvalue weighted by molar-refractivity contribution is 0.265. The van der Waals surface area contributed by atoms with Gasteiger partial charge in [0.1, 0.15) is 5.82 Å². The highest BCUT2D eigenvalue weighted by Crippen LogP contribution is 2.19. The van der Waals surface area contributed by atoms with Crippen LogP contribution in [-0.4, -0.2) is 28.5 Å². The van der Waals surface area contributed by atoms with Gasteiger partial charge in [0.25, 0.3) is 0 Å². The maximum absolute atomic E-state index is 6.25. The molecule has 1 N–H and O–H groups in total. The SMILES string of the molecule is CCN(Cc1cccc(C)n1)Cc1nc(NC)ccc1Cl. The van der Waals surface area contributed by atoms with Crippen LogP contribution in [0.25, 0.3) is 0 Å². The van der Waals surface area contributed by atoms with Crippen LogP contribution in [0.2, 0.25) is 5.02 Å².